The second kappa shape index (κ2) is 7.36. The first-order valence-electron chi connectivity index (χ1n) is 6.58. The van der Waals surface area contributed by atoms with E-state index in [0.717, 1.165) is 11.3 Å². The van der Waals surface area contributed by atoms with Crippen LogP contribution >= 0.6 is 11.6 Å². The third-order valence-electron chi connectivity index (χ3n) is 2.95. The first kappa shape index (κ1) is 15.7. The maximum absolute atomic E-state index is 9.59. The zero-order valence-corrected chi connectivity index (χ0v) is 12.8. The van der Waals surface area contributed by atoms with Crippen molar-refractivity contribution < 1.29 is 9.84 Å². The topological polar surface area (TPSA) is 67.3 Å². The van der Waals surface area contributed by atoms with E-state index in [2.05, 4.69) is 15.3 Å². The second-order valence-electron chi connectivity index (χ2n) is 4.67. The molecule has 0 aliphatic rings. The summed E-state index contributed by atoms with van der Waals surface area (Å²) in [6.45, 7) is 2.19. The lowest BCUT2D eigenvalue weighted by molar-refractivity contribution is 0.177. The molecule has 0 fully saturated rings. The Labute approximate surface area is 129 Å². The smallest absolute Gasteiger partial charge is 0.156 e. The summed E-state index contributed by atoms with van der Waals surface area (Å²) in [7, 11) is 1.60. The number of anilines is 1. The van der Waals surface area contributed by atoms with Crippen LogP contribution in [0, 0.1) is 6.92 Å². The minimum absolute atomic E-state index is 0.0513. The van der Waals surface area contributed by atoms with E-state index >= 15 is 0 Å². The van der Waals surface area contributed by atoms with E-state index in [1.807, 2.05) is 25.1 Å². The van der Waals surface area contributed by atoms with Gasteiger partial charge in [0.15, 0.2) is 5.82 Å². The number of hydrogen-bond acceptors (Lipinski definition) is 5. The average Bonchev–Trinajstić information content (AvgIpc) is 2.45. The highest BCUT2D eigenvalue weighted by atomic mass is 35.5. The van der Waals surface area contributed by atoms with Crippen LogP contribution in [0.15, 0.2) is 30.3 Å². The third-order valence-corrected chi connectivity index (χ3v) is 3.20. The highest BCUT2D eigenvalue weighted by Gasteiger charge is 2.12. The largest absolute Gasteiger partial charge is 0.394 e. The molecule has 1 aromatic carbocycles. The van der Waals surface area contributed by atoms with E-state index in [-0.39, 0.29) is 12.6 Å². The van der Waals surface area contributed by atoms with E-state index < -0.39 is 0 Å². The van der Waals surface area contributed by atoms with Crippen LogP contribution in [-0.4, -0.2) is 28.8 Å². The molecule has 6 heteroatoms. The molecule has 0 saturated heterocycles. The Morgan fingerprint density at radius 3 is 2.62 bits per heavy atom. The van der Waals surface area contributed by atoms with Crippen LogP contribution in [-0.2, 0) is 11.3 Å². The van der Waals surface area contributed by atoms with Crippen molar-refractivity contribution in [3.63, 3.8) is 0 Å². The summed E-state index contributed by atoms with van der Waals surface area (Å²) in [5, 5.41) is 13.5. The Balaban J connectivity index is 2.20. The minimum atomic E-state index is -0.257. The van der Waals surface area contributed by atoms with Crippen molar-refractivity contribution in [2.45, 2.75) is 19.6 Å². The van der Waals surface area contributed by atoms with Gasteiger partial charge in [0, 0.05) is 23.9 Å². The predicted octanol–water partition coefficient (Wildman–Crippen LogP) is 2.73. The Hall–Kier alpha value is -1.69. The van der Waals surface area contributed by atoms with Crippen molar-refractivity contribution in [2.75, 3.05) is 19.0 Å². The molecule has 0 radical (unpaired) electrons. The number of halogens is 1. The highest BCUT2D eigenvalue weighted by Crippen LogP contribution is 2.20. The Bertz CT molecular complexity index is 590. The zero-order chi connectivity index (χ0) is 15.2. The van der Waals surface area contributed by atoms with Gasteiger partial charge in [-0.15, -0.1) is 0 Å². The van der Waals surface area contributed by atoms with Gasteiger partial charge in [-0.25, -0.2) is 9.97 Å². The van der Waals surface area contributed by atoms with E-state index in [1.165, 1.54) is 0 Å². The fourth-order valence-electron chi connectivity index (χ4n) is 2.01. The number of ether oxygens (including phenoxy) is 1. The Kier molecular flexibility index (Phi) is 5.50. The quantitative estimate of drug-likeness (QED) is 0.859. The van der Waals surface area contributed by atoms with E-state index in [9.17, 15) is 5.11 Å². The molecule has 1 heterocycles. The van der Waals surface area contributed by atoms with Crippen LogP contribution in [0.3, 0.4) is 0 Å². The number of aliphatic hydroxyl groups is 1. The van der Waals surface area contributed by atoms with Crippen LogP contribution in [0.2, 0.25) is 5.02 Å². The van der Waals surface area contributed by atoms with Gasteiger partial charge in [0.1, 0.15) is 12.4 Å². The van der Waals surface area contributed by atoms with Gasteiger partial charge in [0.2, 0.25) is 0 Å². The van der Waals surface area contributed by atoms with Gasteiger partial charge in [0.05, 0.1) is 12.6 Å². The van der Waals surface area contributed by atoms with E-state index in [0.29, 0.717) is 23.3 Å². The molecule has 2 N–H and O–H groups in total. The summed E-state index contributed by atoms with van der Waals surface area (Å²) in [6, 6.07) is 8.91. The standard InChI is InChI=1S/C15H18ClN3O2/c1-10-7-14(19-15(17-10)9-21-2)18-13(8-20)11-3-5-12(16)6-4-11/h3-7,13,20H,8-9H2,1-2H3,(H,17,18,19). The lowest BCUT2D eigenvalue weighted by atomic mass is 10.1. The monoisotopic (exact) mass is 307 g/mol. The number of rotatable bonds is 6. The molecule has 5 nitrogen and oxygen atoms in total. The lowest BCUT2D eigenvalue weighted by Crippen LogP contribution is -2.16. The summed E-state index contributed by atoms with van der Waals surface area (Å²) in [4.78, 5) is 8.65. The number of nitrogens with zero attached hydrogens (tertiary/aromatic N) is 2. The number of aliphatic hydroxyl groups excluding tert-OH is 1. The fraction of sp³-hybridized carbons (Fsp3) is 0.333. The van der Waals surface area contributed by atoms with Gasteiger partial charge >= 0.3 is 0 Å². The van der Waals surface area contributed by atoms with Crippen molar-refractivity contribution in [3.8, 4) is 0 Å². The van der Waals surface area contributed by atoms with Gasteiger partial charge in [-0.1, -0.05) is 23.7 Å². The average molecular weight is 308 g/mol. The first-order chi connectivity index (χ1) is 10.1. The summed E-state index contributed by atoms with van der Waals surface area (Å²) in [5.74, 6) is 1.26. The van der Waals surface area contributed by atoms with Gasteiger partial charge in [-0.2, -0.15) is 0 Å². The van der Waals surface area contributed by atoms with Crippen molar-refractivity contribution in [3.05, 3.63) is 52.4 Å². The first-order valence-corrected chi connectivity index (χ1v) is 6.96. The lowest BCUT2D eigenvalue weighted by Gasteiger charge is -2.18. The Morgan fingerprint density at radius 1 is 1.29 bits per heavy atom. The van der Waals surface area contributed by atoms with Crippen molar-refractivity contribution >= 4 is 17.4 Å². The molecule has 1 atom stereocenters. The van der Waals surface area contributed by atoms with Crippen LogP contribution < -0.4 is 5.32 Å². The Morgan fingerprint density at radius 2 is 2.00 bits per heavy atom. The zero-order valence-electron chi connectivity index (χ0n) is 12.0. The molecule has 0 amide bonds. The second-order valence-corrected chi connectivity index (χ2v) is 5.11. The molecule has 2 aromatic rings. The minimum Gasteiger partial charge on any atom is -0.394 e. The maximum Gasteiger partial charge on any atom is 0.156 e. The predicted molar refractivity (Wildman–Crippen MR) is 82.4 cm³/mol. The van der Waals surface area contributed by atoms with E-state index in [1.54, 1.807) is 19.2 Å². The van der Waals surface area contributed by atoms with Crippen LogP contribution in [0.1, 0.15) is 23.1 Å². The molecular weight excluding hydrogens is 290 g/mol. The molecule has 0 spiro atoms. The third kappa shape index (κ3) is 4.39. The van der Waals surface area contributed by atoms with E-state index in [4.69, 9.17) is 16.3 Å². The number of nitrogens with one attached hydrogen (secondary N) is 1. The van der Waals surface area contributed by atoms with Gasteiger partial charge in [0.25, 0.3) is 0 Å². The maximum atomic E-state index is 9.59. The molecule has 2 rings (SSSR count). The number of aromatic nitrogens is 2. The van der Waals surface area contributed by atoms with Crippen molar-refractivity contribution in [2.24, 2.45) is 0 Å². The molecule has 0 bridgehead atoms. The fourth-order valence-corrected chi connectivity index (χ4v) is 2.13. The summed E-state index contributed by atoms with van der Waals surface area (Å²) in [5.41, 5.74) is 1.78. The van der Waals surface area contributed by atoms with Crippen LogP contribution in [0.4, 0.5) is 5.82 Å². The van der Waals surface area contributed by atoms with Gasteiger partial charge < -0.3 is 15.2 Å². The summed E-state index contributed by atoms with van der Waals surface area (Å²) >= 11 is 5.88. The highest BCUT2D eigenvalue weighted by molar-refractivity contribution is 6.30. The summed E-state index contributed by atoms with van der Waals surface area (Å²) in [6.07, 6.45) is 0. The number of benzene rings is 1. The molecule has 1 unspecified atom stereocenters. The molecule has 112 valence electrons. The molecule has 0 saturated carbocycles. The van der Waals surface area contributed by atoms with Crippen LogP contribution in [0.25, 0.3) is 0 Å². The normalized spacial score (nSPS) is 12.2. The molecule has 0 aliphatic carbocycles. The van der Waals surface area contributed by atoms with Crippen LogP contribution in [0.5, 0.6) is 0 Å². The van der Waals surface area contributed by atoms with Crippen molar-refractivity contribution in [1.82, 2.24) is 9.97 Å². The molecule has 21 heavy (non-hydrogen) atoms. The van der Waals surface area contributed by atoms with Gasteiger partial charge in [-0.3, -0.25) is 0 Å². The van der Waals surface area contributed by atoms with Crippen molar-refractivity contribution in [1.29, 1.82) is 0 Å². The number of aryl methyl sites for hydroxylation is 1. The molecule has 0 aliphatic heterocycles. The molecular formula is C15H18ClN3O2. The number of methoxy groups -OCH3 is 1. The van der Waals surface area contributed by atoms with Gasteiger partial charge in [-0.05, 0) is 24.6 Å². The number of hydrogen-bond donors (Lipinski definition) is 2. The SMILES string of the molecule is COCc1nc(C)cc(NC(CO)c2ccc(Cl)cc2)n1. The summed E-state index contributed by atoms with van der Waals surface area (Å²) < 4.78 is 5.05. The molecule has 1 aromatic heterocycles.